The van der Waals surface area contributed by atoms with Crippen molar-refractivity contribution in [3.05, 3.63) is 29.6 Å². The van der Waals surface area contributed by atoms with Gasteiger partial charge in [0.15, 0.2) is 0 Å². The van der Waals surface area contributed by atoms with Crippen LogP contribution in [0.5, 0.6) is 0 Å². The highest BCUT2D eigenvalue weighted by Crippen LogP contribution is 2.22. The van der Waals surface area contributed by atoms with Gasteiger partial charge < -0.3 is 36.1 Å². The van der Waals surface area contributed by atoms with Gasteiger partial charge in [-0.3, -0.25) is 53.4 Å². The highest BCUT2D eigenvalue weighted by molar-refractivity contribution is 7.98. The Morgan fingerprint density at radius 2 is 1.11 bits per heavy atom. The maximum Gasteiger partial charge on any atom is 0.317 e. The van der Waals surface area contributed by atoms with Gasteiger partial charge in [-0.05, 0) is 25.0 Å². The number of primary amides is 1. The predicted molar refractivity (Wildman–Crippen MR) is 206 cm³/mol. The average molecular weight is 811 g/mol. The number of amides is 3. The topological polar surface area (TPSA) is 247 Å². The van der Waals surface area contributed by atoms with E-state index < -0.39 is 23.4 Å². The van der Waals surface area contributed by atoms with Crippen molar-refractivity contribution in [3.63, 3.8) is 0 Å². The zero-order chi connectivity index (χ0) is 40.2. The minimum Gasteiger partial charge on any atom is -0.480 e. The van der Waals surface area contributed by atoms with Gasteiger partial charge in [0.25, 0.3) is 0 Å². The summed E-state index contributed by atoms with van der Waals surface area (Å²) >= 11 is 3.14. The molecule has 0 aromatic carbocycles. The third-order valence-corrected chi connectivity index (χ3v) is 11.3. The van der Waals surface area contributed by atoms with Crippen LogP contribution in [0.25, 0.3) is 0 Å². The third kappa shape index (κ3) is 18.1. The molecule has 1 aromatic heterocycles. The first kappa shape index (κ1) is 45.6. The van der Waals surface area contributed by atoms with Crippen LogP contribution in [0.2, 0.25) is 0 Å². The molecule has 0 saturated carbocycles. The molecule has 6 N–H and O–H groups in total. The van der Waals surface area contributed by atoms with Crippen LogP contribution < -0.4 is 11.1 Å². The molecule has 18 nitrogen and oxygen atoms in total. The number of likely N-dealkylation sites (tertiary alicyclic amines) is 1. The highest BCUT2D eigenvalue weighted by atomic mass is 32.2. The molecule has 0 unspecified atom stereocenters. The summed E-state index contributed by atoms with van der Waals surface area (Å²) in [6.07, 6.45) is 1.77. The summed E-state index contributed by atoms with van der Waals surface area (Å²) in [5, 5.41) is 31.2. The molecule has 2 saturated heterocycles. The van der Waals surface area contributed by atoms with Crippen molar-refractivity contribution in [1.29, 1.82) is 0 Å². The predicted octanol–water partition coefficient (Wildman–Crippen LogP) is -1.03. The molecular formula is C35H54N8O10S2. The van der Waals surface area contributed by atoms with E-state index in [4.69, 9.17) is 5.73 Å². The fourth-order valence-corrected chi connectivity index (χ4v) is 7.93. The number of nitrogens with one attached hydrogen (secondary N) is 1. The van der Waals surface area contributed by atoms with E-state index in [1.165, 1.54) is 0 Å². The van der Waals surface area contributed by atoms with Crippen molar-refractivity contribution in [3.8, 4) is 0 Å². The number of nitrogens with two attached hydrogens (primary N) is 1. The lowest BCUT2D eigenvalue weighted by Gasteiger charge is -2.39. The van der Waals surface area contributed by atoms with Crippen LogP contribution in [0.4, 0.5) is 0 Å². The Hall–Kier alpha value is -3.82. The number of aliphatic carboxylic acids is 3. The number of nitrogens with zero attached hydrogens (tertiary/aromatic N) is 6. The minimum absolute atomic E-state index is 0.00344. The minimum atomic E-state index is -1.09. The van der Waals surface area contributed by atoms with Crippen molar-refractivity contribution in [2.45, 2.75) is 42.7 Å². The van der Waals surface area contributed by atoms with E-state index in [9.17, 15) is 48.9 Å². The van der Waals surface area contributed by atoms with Gasteiger partial charge in [-0.25, -0.2) is 0 Å². The Morgan fingerprint density at radius 3 is 1.51 bits per heavy atom. The second-order valence-corrected chi connectivity index (χ2v) is 15.9. The summed E-state index contributed by atoms with van der Waals surface area (Å²) in [6, 6.07) is 5.77. The highest BCUT2D eigenvalue weighted by Gasteiger charge is 2.37. The van der Waals surface area contributed by atoms with Gasteiger partial charge in [0.1, 0.15) is 6.29 Å². The van der Waals surface area contributed by atoms with Gasteiger partial charge in [0, 0.05) is 101 Å². The average Bonchev–Trinajstić information content (AvgIpc) is 3.12. The number of rotatable bonds is 20. The van der Waals surface area contributed by atoms with Gasteiger partial charge in [-0.2, -0.15) is 23.5 Å². The van der Waals surface area contributed by atoms with E-state index in [1.54, 1.807) is 43.1 Å². The lowest BCUT2D eigenvalue weighted by molar-refractivity contribution is -0.141. The molecule has 0 spiro atoms. The van der Waals surface area contributed by atoms with Crippen LogP contribution in [-0.2, 0) is 45.1 Å². The number of carboxylic acids is 3. The van der Waals surface area contributed by atoms with E-state index in [0.717, 1.165) is 17.7 Å². The Kier molecular flexibility index (Phi) is 19.8. The molecule has 3 rings (SSSR count). The van der Waals surface area contributed by atoms with E-state index >= 15 is 0 Å². The molecule has 1 aromatic rings. The molecule has 2 aliphatic rings. The van der Waals surface area contributed by atoms with Crippen LogP contribution >= 0.6 is 23.5 Å². The molecule has 0 atom stereocenters. The summed E-state index contributed by atoms with van der Waals surface area (Å²) in [5.74, 6) is -1.45. The van der Waals surface area contributed by atoms with E-state index in [1.807, 2.05) is 23.1 Å². The lowest BCUT2D eigenvalue weighted by atomic mass is 9.88. The second kappa shape index (κ2) is 24.0. The molecular weight excluding hydrogens is 757 g/mol. The molecule has 306 valence electrons. The number of thioether (sulfide) groups is 2. The molecule has 0 aliphatic carbocycles. The largest absolute Gasteiger partial charge is 0.480 e. The smallest absolute Gasteiger partial charge is 0.317 e. The zero-order valence-electron chi connectivity index (χ0n) is 31.1. The summed E-state index contributed by atoms with van der Waals surface area (Å²) in [4.78, 5) is 97.4. The zero-order valence-corrected chi connectivity index (χ0v) is 32.8. The van der Waals surface area contributed by atoms with Gasteiger partial charge in [0.2, 0.25) is 17.7 Å². The number of hydrogen-bond acceptors (Lipinski definition) is 14. The van der Waals surface area contributed by atoms with Crippen molar-refractivity contribution in [2.75, 3.05) is 103 Å². The van der Waals surface area contributed by atoms with E-state index in [0.29, 0.717) is 55.6 Å². The molecule has 0 radical (unpaired) electrons. The van der Waals surface area contributed by atoms with Crippen LogP contribution in [0.15, 0.2) is 18.2 Å². The molecule has 20 heteroatoms. The van der Waals surface area contributed by atoms with Crippen LogP contribution in [-0.4, -0.2) is 195 Å². The summed E-state index contributed by atoms with van der Waals surface area (Å²) in [6.45, 7) is 2.03. The molecule has 2 aliphatic heterocycles. The van der Waals surface area contributed by atoms with Crippen LogP contribution in [0.3, 0.4) is 0 Å². The van der Waals surface area contributed by atoms with E-state index in [-0.39, 0.29) is 102 Å². The number of pyridine rings is 1. The normalized spacial score (nSPS) is 18.1. The number of aldehydes is 1. The first-order valence-electron chi connectivity index (χ1n) is 18.2. The molecule has 2 fully saturated rings. The Labute approximate surface area is 329 Å². The summed E-state index contributed by atoms with van der Waals surface area (Å²) in [5.41, 5.74) is 5.88. The monoisotopic (exact) mass is 810 g/mol. The SMILES string of the molecule is NC(=O)CCSCc1cccc(CSCCC(=O)NC2(C=O)CCN(C(=O)CN3CCN(CC(=O)O)CCN(CC(=O)O)CCN(CC(=O)O)CC3)CC2)n1. The number of hydrogen-bond donors (Lipinski definition) is 5. The van der Waals surface area contributed by atoms with Gasteiger partial charge >= 0.3 is 17.9 Å². The maximum absolute atomic E-state index is 13.5. The number of carbonyl (C=O) groups is 7. The third-order valence-electron chi connectivity index (χ3n) is 9.32. The molecule has 0 bridgehead atoms. The quantitative estimate of drug-likeness (QED) is 0.0780. The summed E-state index contributed by atoms with van der Waals surface area (Å²) in [7, 11) is 0. The first-order valence-corrected chi connectivity index (χ1v) is 20.6. The van der Waals surface area contributed by atoms with Crippen molar-refractivity contribution >= 4 is 65.4 Å². The van der Waals surface area contributed by atoms with Crippen LogP contribution in [0.1, 0.15) is 37.1 Å². The second-order valence-electron chi connectivity index (χ2n) is 13.7. The fraction of sp³-hybridized carbons (Fsp3) is 0.657. The molecule has 3 amide bonds. The van der Waals surface area contributed by atoms with Gasteiger partial charge in [-0.15, -0.1) is 0 Å². The maximum atomic E-state index is 13.5. The number of aromatic nitrogens is 1. The van der Waals surface area contributed by atoms with Crippen molar-refractivity contribution in [1.82, 2.24) is 34.8 Å². The standard InChI is InChI=1S/C35H54N8O10S2/c36-29(45)4-18-54-24-27-2-1-3-28(37-27)25-55-19-5-30(46)38-35(26-44)6-8-43(9-7-35)31(47)20-39-10-12-40(21-32(48)49)14-16-42(23-34(52)53)17-15-41(13-11-39)22-33(50)51/h1-3,26H,4-25H2,(H2,36,45)(H,38,46)(H,48,49)(H,50,51)(H,52,53). The van der Waals surface area contributed by atoms with Crippen molar-refractivity contribution < 1.29 is 48.9 Å². The lowest BCUT2D eigenvalue weighted by Crippen LogP contribution is -2.58. The Bertz CT molecular complexity index is 1430. The Morgan fingerprint density at radius 1 is 0.691 bits per heavy atom. The Balaban J connectivity index is 1.50. The van der Waals surface area contributed by atoms with Crippen molar-refractivity contribution in [2.24, 2.45) is 5.73 Å². The molecule has 55 heavy (non-hydrogen) atoms. The number of carbonyl (C=O) groups excluding carboxylic acids is 4. The van der Waals surface area contributed by atoms with Crippen LogP contribution in [0, 0.1) is 0 Å². The van der Waals surface area contributed by atoms with Gasteiger partial charge in [-0.1, -0.05) is 6.07 Å². The summed E-state index contributed by atoms with van der Waals surface area (Å²) < 4.78 is 0. The molecule has 3 heterocycles. The van der Waals surface area contributed by atoms with E-state index in [2.05, 4.69) is 10.3 Å². The van der Waals surface area contributed by atoms with Gasteiger partial charge in [0.05, 0.1) is 43.1 Å². The number of carboxylic acid groups (broad SMARTS) is 3. The fourth-order valence-electron chi connectivity index (χ4n) is 6.22. The number of piperidine rings is 1. The first-order chi connectivity index (χ1) is 26.3.